The van der Waals surface area contributed by atoms with Gasteiger partial charge in [-0.1, -0.05) is 61.1 Å². The standard InChI is InChI=1S/C24H36O3/c1-6-12-21(25)23(17-16-19(4)5)27-22(8-3)24(13-7-2)26-18-20-14-10-9-11-15-20/h6-7,9-11,14-16,21-25H,1-2,8,12-13,17-18H2,3-5H3/t21-,22+,23+,24-/m1/s1. The summed E-state index contributed by atoms with van der Waals surface area (Å²) in [5.74, 6) is 0. The molecule has 3 heteroatoms. The highest BCUT2D eigenvalue weighted by atomic mass is 16.6. The second kappa shape index (κ2) is 13.5. The number of benzene rings is 1. The van der Waals surface area contributed by atoms with E-state index in [0.29, 0.717) is 25.9 Å². The molecule has 0 heterocycles. The summed E-state index contributed by atoms with van der Waals surface area (Å²) in [6.07, 6.45) is 7.34. The quantitative estimate of drug-likeness (QED) is 0.432. The Bertz CT molecular complexity index is 560. The predicted molar refractivity (Wildman–Crippen MR) is 114 cm³/mol. The zero-order valence-corrected chi connectivity index (χ0v) is 17.1. The van der Waals surface area contributed by atoms with Gasteiger partial charge in [-0.25, -0.2) is 0 Å². The molecule has 0 spiro atoms. The van der Waals surface area contributed by atoms with Crippen LogP contribution in [0.1, 0.15) is 52.0 Å². The molecule has 1 aromatic carbocycles. The van der Waals surface area contributed by atoms with Crippen LogP contribution in [0.4, 0.5) is 0 Å². The molecule has 4 atom stereocenters. The second-order valence-electron chi connectivity index (χ2n) is 7.09. The lowest BCUT2D eigenvalue weighted by molar-refractivity contribution is -0.133. The first kappa shape index (κ1) is 23.4. The normalized spacial score (nSPS) is 15.4. The maximum atomic E-state index is 10.5. The van der Waals surface area contributed by atoms with Gasteiger partial charge in [0, 0.05) is 0 Å². The Morgan fingerprint density at radius 3 is 2.22 bits per heavy atom. The van der Waals surface area contributed by atoms with Crippen LogP contribution in [0.2, 0.25) is 0 Å². The van der Waals surface area contributed by atoms with Gasteiger partial charge in [-0.3, -0.25) is 0 Å². The highest BCUT2D eigenvalue weighted by Crippen LogP contribution is 2.21. The average molecular weight is 373 g/mol. The monoisotopic (exact) mass is 372 g/mol. The van der Waals surface area contributed by atoms with Crippen LogP contribution in [0.25, 0.3) is 0 Å². The zero-order valence-electron chi connectivity index (χ0n) is 17.1. The number of aliphatic hydroxyl groups is 1. The van der Waals surface area contributed by atoms with Crippen molar-refractivity contribution in [2.45, 2.75) is 77.5 Å². The largest absolute Gasteiger partial charge is 0.390 e. The van der Waals surface area contributed by atoms with Crippen molar-refractivity contribution in [3.63, 3.8) is 0 Å². The first-order valence-electron chi connectivity index (χ1n) is 9.85. The van der Waals surface area contributed by atoms with E-state index in [9.17, 15) is 5.11 Å². The molecule has 1 aromatic rings. The van der Waals surface area contributed by atoms with E-state index in [2.05, 4.69) is 52.1 Å². The molecule has 150 valence electrons. The summed E-state index contributed by atoms with van der Waals surface area (Å²) in [7, 11) is 0. The van der Waals surface area contributed by atoms with Gasteiger partial charge in [0.2, 0.25) is 0 Å². The van der Waals surface area contributed by atoms with Gasteiger partial charge in [-0.05, 0) is 45.1 Å². The Morgan fingerprint density at radius 1 is 1.00 bits per heavy atom. The van der Waals surface area contributed by atoms with E-state index in [-0.39, 0.29) is 18.3 Å². The van der Waals surface area contributed by atoms with Gasteiger partial charge in [0.05, 0.1) is 31.0 Å². The molecule has 0 aromatic heterocycles. The maximum Gasteiger partial charge on any atom is 0.0876 e. The topological polar surface area (TPSA) is 38.7 Å². The molecule has 0 unspecified atom stereocenters. The summed E-state index contributed by atoms with van der Waals surface area (Å²) in [6.45, 7) is 14.3. The summed E-state index contributed by atoms with van der Waals surface area (Å²) in [4.78, 5) is 0. The van der Waals surface area contributed by atoms with Gasteiger partial charge < -0.3 is 14.6 Å². The number of allylic oxidation sites excluding steroid dienone is 1. The van der Waals surface area contributed by atoms with Crippen molar-refractivity contribution in [2.24, 2.45) is 0 Å². The first-order valence-corrected chi connectivity index (χ1v) is 9.85. The van der Waals surface area contributed by atoms with Gasteiger partial charge in [-0.2, -0.15) is 0 Å². The summed E-state index contributed by atoms with van der Waals surface area (Å²) in [5, 5.41) is 10.5. The van der Waals surface area contributed by atoms with Crippen molar-refractivity contribution >= 4 is 0 Å². The van der Waals surface area contributed by atoms with Gasteiger partial charge in [0.15, 0.2) is 0 Å². The van der Waals surface area contributed by atoms with Crippen LogP contribution in [0.3, 0.4) is 0 Å². The van der Waals surface area contributed by atoms with Crippen molar-refractivity contribution < 1.29 is 14.6 Å². The lowest BCUT2D eigenvalue weighted by Gasteiger charge is -2.32. The van der Waals surface area contributed by atoms with Crippen LogP contribution in [0.15, 0.2) is 67.3 Å². The summed E-state index contributed by atoms with van der Waals surface area (Å²) >= 11 is 0. The van der Waals surface area contributed by atoms with Crippen LogP contribution >= 0.6 is 0 Å². The van der Waals surface area contributed by atoms with E-state index < -0.39 is 6.10 Å². The molecule has 0 fully saturated rings. The van der Waals surface area contributed by atoms with Gasteiger partial charge in [0.25, 0.3) is 0 Å². The zero-order chi connectivity index (χ0) is 20.1. The summed E-state index contributed by atoms with van der Waals surface area (Å²) in [6, 6.07) is 10.1. The molecule has 0 amide bonds. The SMILES string of the molecule is C=CC[C@@H](O)[C@H](CC=C(C)C)O[C@@H](CC)[C@@H](CC=C)OCc1ccccc1. The average Bonchev–Trinajstić information content (AvgIpc) is 2.66. The van der Waals surface area contributed by atoms with Crippen molar-refractivity contribution in [3.8, 4) is 0 Å². The van der Waals surface area contributed by atoms with Crippen molar-refractivity contribution in [1.82, 2.24) is 0 Å². The molecule has 0 saturated carbocycles. The van der Waals surface area contributed by atoms with E-state index in [4.69, 9.17) is 9.47 Å². The van der Waals surface area contributed by atoms with Crippen LogP contribution in [-0.4, -0.2) is 29.5 Å². The van der Waals surface area contributed by atoms with Crippen molar-refractivity contribution in [3.05, 3.63) is 72.9 Å². The smallest absolute Gasteiger partial charge is 0.0876 e. The van der Waals surface area contributed by atoms with Crippen LogP contribution in [-0.2, 0) is 16.1 Å². The number of rotatable bonds is 14. The first-order chi connectivity index (χ1) is 13.0. The van der Waals surface area contributed by atoms with E-state index in [1.807, 2.05) is 24.3 Å². The number of ether oxygens (including phenoxy) is 2. The van der Waals surface area contributed by atoms with E-state index in [1.54, 1.807) is 6.08 Å². The maximum absolute atomic E-state index is 10.5. The third-order valence-corrected chi connectivity index (χ3v) is 4.47. The Balaban J connectivity index is 2.83. The highest BCUT2D eigenvalue weighted by molar-refractivity contribution is 5.13. The minimum atomic E-state index is -0.578. The Hall–Kier alpha value is -1.68. The summed E-state index contributed by atoms with van der Waals surface area (Å²) in [5.41, 5.74) is 2.35. The minimum absolute atomic E-state index is 0.0992. The molecular formula is C24H36O3. The fourth-order valence-electron chi connectivity index (χ4n) is 2.92. The predicted octanol–water partition coefficient (Wildman–Crippen LogP) is 5.61. The third kappa shape index (κ3) is 9.18. The molecule has 0 radical (unpaired) electrons. The van der Waals surface area contributed by atoms with E-state index >= 15 is 0 Å². The van der Waals surface area contributed by atoms with Crippen LogP contribution in [0, 0.1) is 0 Å². The number of hydrogen-bond donors (Lipinski definition) is 1. The Morgan fingerprint density at radius 2 is 1.67 bits per heavy atom. The van der Waals surface area contributed by atoms with Gasteiger partial charge in [-0.15, -0.1) is 13.2 Å². The second-order valence-corrected chi connectivity index (χ2v) is 7.09. The molecule has 0 saturated heterocycles. The Labute approximate surface area is 165 Å². The van der Waals surface area contributed by atoms with E-state index in [1.165, 1.54) is 5.57 Å². The lowest BCUT2D eigenvalue weighted by atomic mass is 10.0. The fourth-order valence-corrected chi connectivity index (χ4v) is 2.92. The van der Waals surface area contributed by atoms with Crippen molar-refractivity contribution in [2.75, 3.05) is 0 Å². The molecule has 1 rings (SSSR count). The molecule has 1 N–H and O–H groups in total. The number of hydrogen-bond acceptors (Lipinski definition) is 3. The molecule has 27 heavy (non-hydrogen) atoms. The molecule has 3 nitrogen and oxygen atoms in total. The van der Waals surface area contributed by atoms with Crippen molar-refractivity contribution in [1.29, 1.82) is 0 Å². The molecule has 0 bridgehead atoms. The number of aliphatic hydroxyl groups excluding tert-OH is 1. The molecular weight excluding hydrogens is 336 g/mol. The molecule has 0 aliphatic rings. The lowest BCUT2D eigenvalue weighted by Crippen LogP contribution is -2.39. The molecule has 0 aliphatic carbocycles. The summed E-state index contributed by atoms with van der Waals surface area (Å²) < 4.78 is 12.5. The third-order valence-electron chi connectivity index (χ3n) is 4.47. The van der Waals surface area contributed by atoms with Gasteiger partial charge in [0.1, 0.15) is 0 Å². The van der Waals surface area contributed by atoms with Gasteiger partial charge >= 0.3 is 0 Å². The van der Waals surface area contributed by atoms with Crippen LogP contribution in [0.5, 0.6) is 0 Å². The fraction of sp³-hybridized carbons (Fsp3) is 0.500. The van der Waals surface area contributed by atoms with E-state index in [0.717, 1.165) is 12.0 Å². The molecule has 0 aliphatic heterocycles. The Kier molecular flexibility index (Phi) is 11.7. The van der Waals surface area contributed by atoms with Crippen LogP contribution < -0.4 is 0 Å². The minimum Gasteiger partial charge on any atom is -0.390 e. The highest BCUT2D eigenvalue weighted by Gasteiger charge is 2.27.